The zero-order chi connectivity index (χ0) is 16.2. The van der Waals surface area contributed by atoms with Crippen LogP contribution in [0.4, 0.5) is 5.69 Å². The summed E-state index contributed by atoms with van der Waals surface area (Å²) < 4.78 is 0. The van der Waals surface area contributed by atoms with Gasteiger partial charge in [0, 0.05) is 37.4 Å². The fourth-order valence-electron chi connectivity index (χ4n) is 3.07. The highest BCUT2D eigenvalue weighted by atomic mass is 16.3. The first-order chi connectivity index (χ1) is 11.1. The highest BCUT2D eigenvalue weighted by molar-refractivity contribution is 5.94. The number of para-hydroxylation sites is 1. The average molecular weight is 310 g/mol. The van der Waals surface area contributed by atoms with Crippen LogP contribution in [0.15, 0.2) is 48.5 Å². The van der Waals surface area contributed by atoms with Crippen molar-refractivity contribution in [1.29, 1.82) is 0 Å². The van der Waals surface area contributed by atoms with Gasteiger partial charge in [0.25, 0.3) is 5.91 Å². The lowest BCUT2D eigenvalue weighted by atomic mass is 10.2. The highest BCUT2D eigenvalue weighted by Crippen LogP contribution is 2.21. The monoisotopic (exact) mass is 310 g/mol. The molecule has 0 saturated carbocycles. The number of aryl methyl sites for hydroxylation is 1. The molecular formula is C19H22N2O2. The Bertz CT molecular complexity index is 682. The van der Waals surface area contributed by atoms with Gasteiger partial charge in [0.15, 0.2) is 0 Å². The quantitative estimate of drug-likeness (QED) is 0.927. The molecule has 4 nitrogen and oxygen atoms in total. The maximum atomic E-state index is 12.6. The van der Waals surface area contributed by atoms with E-state index in [0.717, 1.165) is 26.1 Å². The van der Waals surface area contributed by atoms with E-state index in [1.807, 2.05) is 4.90 Å². The number of nitrogens with zero attached hydrogens (tertiary/aromatic N) is 2. The van der Waals surface area contributed by atoms with Gasteiger partial charge in [0.2, 0.25) is 0 Å². The van der Waals surface area contributed by atoms with Crippen LogP contribution in [-0.4, -0.2) is 42.1 Å². The van der Waals surface area contributed by atoms with Crippen molar-refractivity contribution in [1.82, 2.24) is 4.90 Å². The van der Waals surface area contributed by atoms with Gasteiger partial charge in [-0.1, -0.05) is 18.2 Å². The molecule has 0 spiro atoms. The normalized spacial score (nSPS) is 15.3. The van der Waals surface area contributed by atoms with Crippen molar-refractivity contribution in [3.63, 3.8) is 0 Å². The second-order valence-corrected chi connectivity index (χ2v) is 5.97. The van der Waals surface area contributed by atoms with Gasteiger partial charge in [-0.15, -0.1) is 0 Å². The number of hydrogen-bond donors (Lipinski definition) is 1. The number of aromatic hydroxyl groups is 1. The van der Waals surface area contributed by atoms with Crippen LogP contribution in [0.3, 0.4) is 0 Å². The molecule has 1 aliphatic heterocycles. The largest absolute Gasteiger partial charge is 0.508 e. The molecule has 0 radical (unpaired) electrons. The molecule has 1 N–H and O–H groups in total. The Morgan fingerprint density at radius 3 is 2.43 bits per heavy atom. The minimum Gasteiger partial charge on any atom is -0.508 e. The zero-order valence-corrected chi connectivity index (χ0v) is 13.4. The Labute approximate surface area is 137 Å². The fourth-order valence-corrected chi connectivity index (χ4v) is 3.07. The first-order valence-electron chi connectivity index (χ1n) is 8.04. The Morgan fingerprint density at radius 1 is 0.957 bits per heavy atom. The van der Waals surface area contributed by atoms with E-state index >= 15 is 0 Å². The minimum atomic E-state index is 0.0385. The Balaban J connectivity index is 1.70. The van der Waals surface area contributed by atoms with Crippen LogP contribution in [-0.2, 0) is 0 Å². The smallest absolute Gasteiger partial charge is 0.253 e. The molecule has 120 valence electrons. The van der Waals surface area contributed by atoms with Gasteiger partial charge >= 0.3 is 0 Å². The van der Waals surface area contributed by atoms with Crippen LogP contribution in [0.2, 0.25) is 0 Å². The molecule has 0 unspecified atom stereocenters. The number of hydrogen-bond acceptors (Lipinski definition) is 3. The number of anilines is 1. The summed E-state index contributed by atoms with van der Waals surface area (Å²) in [5.41, 5.74) is 3.16. The van der Waals surface area contributed by atoms with E-state index in [1.54, 1.807) is 24.3 Å². The first-order valence-corrected chi connectivity index (χ1v) is 8.04. The van der Waals surface area contributed by atoms with E-state index in [-0.39, 0.29) is 11.7 Å². The van der Waals surface area contributed by atoms with Crippen molar-refractivity contribution in [2.75, 3.05) is 31.1 Å². The number of phenolic OH excluding ortho intramolecular Hbond substituents is 1. The Hall–Kier alpha value is -2.49. The summed E-state index contributed by atoms with van der Waals surface area (Å²) in [4.78, 5) is 16.9. The summed E-state index contributed by atoms with van der Waals surface area (Å²) in [6, 6.07) is 14.9. The van der Waals surface area contributed by atoms with Crippen LogP contribution in [0.25, 0.3) is 0 Å². The topological polar surface area (TPSA) is 43.8 Å². The number of amides is 1. The summed E-state index contributed by atoms with van der Waals surface area (Å²) in [6.45, 7) is 5.41. The third-order valence-corrected chi connectivity index (χ3v) is 4.35. The molecule has 23 heavy (non-hydrogen) atoms. The molecule has 0 aliphatic carbocycles. The van der Waals surface area contributed by atoms with Crippen LogP contribution in [0, 0.1) is 6.92 Å². The lowest BCUT2D eigenvalue weighted by Crippen LogP contribution is -2.35. The molecule has 4 heteroatoms. The second-order valence-electron chi connectivity index (χ2n) is 5.97. The molecule has 1 fully saturated rings. The molecule has 1 heterocycles. The van der Waals surface area contributed by atoms with Gasteiger partial charge in [-0.05, 0) is 49.2 Å². The molecule has 2 aromatic rings. The van der Waals surface area contributed by atoms with E-state index in [1.165, 1.54) is 11.3 Å². The number of carbonyl (C=O) groups excluding carboxylic acids is 1. The fraction of sp³-hybridized carbons (Fsp3) is 0.316. The molecule has 1 aliphatic rings. The Morgan fingerprint density at radius 2 is 1.70 bits per heavy atom. The molecular weight excluding hydrogens is 288 g/mol. The van der Waals surface area contributed by atoms with Crippen LogP contribution < -0.4 is 4.90 Å². The summed E-state index contributed by atoms with van der Waals surface area (Å²) >= 11 is 0. The molecule has 3 rings (SSSR count). The van der Waals surface area contributed by atoms with E-state index < -0.39 is 0 Å². The molecule has 1 saturated heterocycles. The predicted molar refractivity (Wildman–Crippen MR) is 92.0 cm³/mol. The van der Waals surface area contributed by atoms with Crippen molar-refractivity contribution in [2.24, 2.45) is 0 Å². The number of benzene rings is 2. The minimum absolute atomic E-state index is 0.0385. The molecule has 1 amide bonds. The van der Waals surface area contributed by atoms with Gasteiger partial charge in [0.1, 0.15) is 5.75 Å². The van der Waals surface area contributed by atoms with Crippen LogP contribution in [0.5, 0.6) is 5.75 Å². The number of carbonyl (C=O) groups is 1. The summed E-state index contributed by atoms with van der Waals surface area (Å²) in [7, 11) is 0. The van der Waals surface area contributed by atoms with Crippen molar-refractivity contribution in [3.8, 4) is 5.75 Å². The average Bonchev–Trinajstić information content (AvgIpc) is 2.81. The number of rotatable bonds is 2. The van der Waals surface area contributed by atoms with Gasteiger partial charge < -0.3 is 14.9 Å². The summed E-state index contributed by atoms with van der Waals surface area (Å²) in [6.07, 6.45) is 0.957. The van der Waals surface area contributed by atoms with Crippen molar-refractivity contribution in [3.05, 3.63) is 59.7 Å². The molecule has 0 aromatic heterocycles. The predicted octanol–water partition coefficient (Wildman–Crippen LogP) is 3.05. The summed E-state index contributed by atoms with van der Waals surface area (Å²) in [5, 5.41) is 9.35. The van der Waals surface area contributed by atoms with Gasteiger partial charge in [-0.25, -0.2) is 0 Å². The number of phenols is 1. The van der Waals surface area contributed by atoms with Crippen LogP contribution in [0.1, 0.15) is 22.3 Å². The Kier molecular flexibility index (Phi) is 4.51. The second kappa shape index (κ2) is 6.73. The van der Waals surface area contributed by atoms with Gasteiger partial charge in [-0.3, -0.25) is 4.79 Å². The van der Waals surface area contributed by atoms with Crippen molar-refractivity contribution < 1.29 is 9.90 Å². The van der Waals surface area contributed by atoms with Gasteiger partial charge in [-0.2, -0.15) is 0 Å². The van der Waals surface area contributed by atoms with E-state index in [9.17, 15) is 9.90 Å². The SMILES string of the molecule is Cc1ccccc1N1CCCN(C(=O)c2ccc(O)cc2)CC1. The van der Waals surface area contributed by atoms with Crippen LogP contribution >= 0.6 is 0 Å². The van der Waals surface area contributed by atoms with Crippen molar-refractivity contribution >= 4 is 11.6 Å². The van der Waals surface area contributed by atoms with Gasteiger partial charge in [0.05, 0.1) is 0 Å². The zero-order valence-electron chi connectivity index (χ0n) is 13.4. The van der Waals surface area contributed by atoms with Crippen molar-refractivity contribution in [2.45, 2.75) is 13.3 Å². The lowest BCUT2D eigenvalue weighted by molar-refractivity contribution is 0.0767. The standard InChI is InChI=1S/C19H22N2O2/c1-15-5-2-3-6-18(15)20-11-4-12-21(14-13-20)19(23)16-7-9-17(22)10-8-16/h2-3,5-10,22H,4,11-14H2,1H3. The third kappa shape index (κ3) is 3.47. The molecule has 0 bridgehead atoms. The first kappa shape index (κ1) is 15.4. The maximum Gasteiger partial charge on any atom is 0.253 e. The molecule has 2 aromatic carbocycles. The maximum absolute atomic E-state index is 12.6. The summed E-state index contributed by atoms with van der Waals surface area (Å²) in [5.74, 6) is 0.222. The highest BCUT2D eigenvalue weighted by Gasteiger charge is 2.21. The molecule has 0 atom stereocenters. The van der Waals surface area contributed by atoms with E-state index in [4.69, 9.17) is 0 Å². The van der Waals surface area contributed by atoms with E-state index in [0.29, 0.717) is 12.1 Å². The lowest BCUT2D eigenvalue weighted by Gasteiger charge is -2.25. The van der Waals surface area contributed by atoms with E-state index in [2.05, 4.69) is 36.1 Å². The third-order valence-electron chi connectivity index (χ3n) is 4.35.